The zero-order chi connectivity index (χ0) is 25.9. The second-order valence-electron chi connectivity index (χ2n) is 10.4. The van der Waals surface area contributed by atoms with Crippen LogP contribution in [0.1, 0.15) is 44.4 Å². The van der Waals surface area contributed by atoms with E-state index in [-0.39, 0.29) is 12.3 Å². The highest BCUT2D eigenvalue weighted by molar-refractivity contribution is 6.16. The Kier molecular flexibility index (Phi) is 5.52. The molecule has 1 aliphatic rings. The van der Waals surface area contributed by atoms with Gasteiger partial charge in [-0.2, -0.15) is 0 Å². The number of benzene rings is 3. The van der Waals surface area contributed by atoms with Gasteiger partial charge >= 0.3 is 0 Å². The van der Waals surface area contributed by atoms with Crippen molar-refractivity contribution in [3.63, 3.8) is 0 Å². The lowest BCUT2D eigenvalue weighted by Crippen LogP contribution is -2.27. The molecule has 2 amide bonds. The summed E-state index contributed by atoms with van der Waals surface area (Å²) in [6.07, 6.45) is 0.119. The maximum Gasteiger partial charge on any atom is 0.254 e. The number of nitrogens with zero attached hydrogens (tertiary/aromatic N) is 1. The number of primary amides is 1. The third-order valence-electron chi connectivity index (χ3n) is 7.40. The number of nitrogens with one attached hydrogen (secondary N) is 1. The molecule has 0 bridgehead atoms. The standard InChI is InChI=1S/C30H31N3O3/c1-16-15-33(29(35)17(16)2)25-8-6-7-21(18(25)3)22-11-9-19(13-26(31)34)28-27(22)23-12-10-20(30(4,5)36)14-24(23)32-28/h6-12,14,32,36H,13,15H2,1-5H3,(H2,31,34). The fourth-order valence-electron chi connectivity index (χ4n) is 5.22. The Morgan fingerprint density at radius 3 is 2.47 bits per heavy atom. The molecule has 4 aromatic rings. The lowest BCUT2D eigenvalue weighted by atomic mass is 9.91. The van der Waals surface area contributed by atoms with E-state index in [1.807, 2.05) is 68.1 Å². The number of H-pyrrole nitrogens is 1. The van der Waals surface area contributed by atoms with Crippen LogP contribution in [0.15, 0.2) is 59.7 Å². The van der Waals surface area contributed by atoms with E-state index in [0.29, 0.717) is 6.54 Å². The maximum atomic E-state index is 12.9. The van der Waals surface area contributed by atoms with Gasteiger partial charge in [0.1, 0.15) is 0 Å². The SMILES string of the molecule is CC1=C(C)C(=O)N(c2cccc(-c3ccc(CC(N)=O)c4[nH]c5cc(C(C)(C)O)ccc5c34)c2C)C1. The van der Waals surface area contributed by atoms with Gasteiger partial charge in [0.25, 0.3) is 5.91 Å². The molecule has 0 saturated carbocycles. The maximum absolute atomic E-state index is 12.9. The van der Waals surface area contributed by atoms with Crippen LogP contribution in [0.3, 0.4) is 0 Å². The quantitative estimate of drug-likeness (QED) is 0.364. The van der Waals surface area contributed by atoms with Gasteiger partial charge in [0, 0.05) is 34.1 Å². The molecule has 0 fully saturated rings. The molecule has 0 aliphatic carbocycles. The van der Waals surface area contributed by atoms with Gasteiger partial charge < -0.3 is 20.7 Å². The van der Waals surface area contributed by atoms with Crippen LogP contribution in [0.2, 0.25) is 0 Å². The fourth-order valence-corrected chi connectivity index (χ4v) is 5.22. The third kappa shape index (κ3) is 3.78. The van der Waals surface area contributed by atoms with Gasteiger partial charge in [-0.05, 0) is 80.1 Å². The van der Waals surface area contributed by atoms with Crippen molar-refractivity contribution in [2.24, 2.45) is 5.73 Å². The Morgan fingerprint density at radius 2 is 1.83 bits per heavy atom. The van der Waals surface area contributed by atoms with E-state index < -0.39 is 11.5 Å². The molecule has 3 aromatic carbocycles. The van der Waals surface area contributed by atoms with Crippen molar-refractivity contribution in [3.8, 4) is 11.1 Å². The number of amides is 2. The van der Waals surface area contributed by atoms with Crippen LogP contribution >= 0.6 is 0 Å². The predicted molar refractivity (Wildman–Crippen MR) is 145 cm³/mol. The van der Waals surface area contributed by atoms with E-state index in [1.165, 1.54) is 0 Å². The Balaban J connectivity index is 1.76. The summed E-state index contributed by atoms with van der Waals surface area (Å²) in [5.74, 6) is -0.357. The highest BCUT2D eigenvalue weighted by Gasteiger charge is 2.28. The summed E-state index contributed by atoms with van der Waals surface area (Å²) in [5, 5.41) is 12.5. The lowest BCUT2D eigenvalue weighted by Gasteiger charge is -2.22. The van der Waals surface area contributed by atoms with Crippen LogP contribution in [0.5, 0.6) is 0 Å². The summed E-state index contributed by atoms with van der Waals surface area (Å²) in [7, 11) is 0. The topological polar surface area (TPSA) is 99.4 Å². The van der Waals surface area contributed by atoms with Crippen LogP contribution in [-0.4, -0.2) is 28.4 Å². The number of carbonyl (C=O) groups excluding carboxylic acids is 2. The Morgan fingerprint density at radius 1 is 1.08 bits per heavy atom. The summed E-state index contributed by atoms with van der Waals surface area (Å²) in [6, 6.07) is 15.9. The smallest absolute Gasteiger partial charge is 0.254 e. The van der Waals surface area contributed by atoms with Gasteiger partial charge in [0.15, 0.2) is 0 Å². The molecule has 0 radical (unpaired) electrons. The average Bonchev–Trinajstić information content (AvgIpc) is 3.32. The minimum absolute atomic E-state index is 0.0425. The molecule has 0 spiro atoms. The van der Waals surface area contributed by atoms with E-state index in [0.717, 1.165) is 66.5 Å². The molecule has 36 heavy (non-hydrogen) atoms. The number of aromatic nitrogens is 1. The summed E-state index contributed by atoms with van der Waals surface area (Å²) in [4.78, 5) is 30.1. The molecule has 2 heterocycles. The third-order valence-corrected chi connectivity index (χ3v) is 7.40. The average molecular weight is 482 g/mol. The molecular formula is C30H31N3O3. The normalized spacial score (nSPS) is 14.5. The van der Waals surface area contributed by atoms with Crippen molar-refractivity contribution in [2.75, 3.05) is 11.4 Å². The number of aromatic amines is 1. The Bertz CT molecular complexity index is 1600. The molecule has 1 aliphatic heterocycles. The number of rotatable bonds is 5. The summed E-state index contributed by atoms with van der Waals surface area (Å²) in [5.41, 5.74) is 13.7. The summed E-state index contributed by atoms with van der Waals surface area (Å²) >= 11 is 0. The van der Waals surface area contributed by atoms with Gasteiger partial charge in [0.05, 0.1) is 17.5 Å². The Hall–Kier alpha value is -3.90. The minimum Gasteiger partial charge on any atom is -0.386 e. The van der Waals surface area contributed by atoms with Gasteiger partial charge in [-0.3, -0.25) is 9.59 Å². The molecule has 184 valence electrons. The lowest BCUT2D eigenvalue weighted by molar-refractivity contribution is -0.117. The van der Waals surface area contributed by atoms with Crippen LogP contribution < -0.4 is 10.6 Å². The van der Waals surface area contributed by atoms with Gasteiger partial charge in [-0.25, -0.2) is 0 Å². The van der Waals surface area contributed by atoms with Crippen LogP contribution in [-0.2, 0) is 21.6 Å². The summed E-state index contributed by atoms with van der Waals surface area (Å²) in [6.45, 7) is 10.0. The first kappa shape index (κ1) is 23.8. The molecule has 1 aromatic heterocycles. The molecule has 6 heteroatoms. The van der Waals surface area contributed by atoms with E-state index >= 15 is 0 Å². The molecule has 4 N–H and O–H groups in total. The number of carbonyl (C=O) groups is 2. The number of aliphatic hydroxyl groups is 1. The molecule has 0 atom stereocenters. The Labute approximate surface area is 210 Å². The van der Waals surface area contributed by atoms with Crippen LogP contribution in [0.4, 0.5) is 5.69 Å². The monoisotopic (exact) mass is 481 g/mol. The second-order valence-corrected chi connectivity index (χ2v) is 10.4. The molecule has 0 unspecified atom stereocenters. The van der Waals surface area contributed by atoms with E-state index in [4.69, 9.17) is 5.73 Å². The number of fused-ring (bicyclic) bond motifs is 3. The van der Waals surface area contributed by atoms with Crippen molar-refractivity contribution < 1.29 is 14.7 Å². The van der Waals surface area contributed by atoms with Gasteiger partial charge in [-0.15, -0.1) is 0 Å². The zero-order valence-corrected chi connectivity index (χ0v) is 21.3. The minimum atomic E-state index is -0.984. The number of nitrogens with two attached hydrogens (primary N) is 1. The molecular weight excluding hydrogens is 450 g/mol. The van der Waals surface area contributed by atoms with Crippen molar-refractivity contribution in [2.45, 2.75) is 46.6 Å². The fraction of sp³-hybridized carbons (Fsp3) is 0.267. The van der Waals surface area contributed by atoms with Crippen molar-refractivity contribution in [3.05, 3.63) is 76.4 Å². The van der Waals surface area contributed by atoms with Crippen molar-refractivity contribution in [1.82, 2.24) is 4.98 Å². The van der Waals surface area contributed by atoms with Crippen LogP contribution in [0.25, 0.3) is 32.9 Å². The molecule has 6 nitrogen and oxygen atoms in total. The highest BCUT2D eigenvalue weighted by atomic mass is 16.3. The predicted octanol–water partition coefficient (Wildman–Crippen LogP) is 5.23. The number of hydrogen-bond acceptors (Lipinski definition) is 3. The molecule has 5 rings (SSSR count). The van der Waals surface area contributed by atoms with Gasteiger partial charge in [0.2, 0.25) is 5.91 Å². The molecule has 0 saturated heterocycles. The van der Waals surface area contributed by atoms with Crippen molar-refractivity contribution in [1.29, 1.82) is 0 Å². The van der Waals surface area contributed by atoms with E-state index in [2.05, 4.69) is 11.1 Å². The van der Waals surface area contributed by atoms with Crippen molar-refractivity contribution >= 4 is 39.3 Å². The summed E-state index contributed by atoms with van der Waals surface area (Å²) < 4.78 is 0. The zero-order valence-electron chi connectivity index (χ0n) is 21.3. The second kappa shape index (κ2) is 8.35. The largest absolute Gasteiger partial charge is 0.386 e. The first-order valence-electron chi connectivity index (χ1n) is 12.1. The van der Waals surface area contributed by atoms with E-state index in [1.54, 1.807) is 13.8 Å². The van der Waals surface area contributed by atoms with Crippen LogP contribution in [0, 0.1) is 6.92 Å². The number of anilines is 1. The van der Waals surface area contributed by atoms with E-state index in [9.17, 15) is 14.7 Å². The number of hydrogen-bond donors (Lipinski definition) is 3. The first-order chi connectivity index (χ1) is 17.0. The first-order valence-corrected chi connectivity index (χ1v) is 12.1. The highest BCUT2D eigenvalue weighted by Crippen LogP contribution is 2.41. The van der Waals surface area contributed by atoms with Gasteiger partial charge in [-0.1, -0.05) is 36.4 Å².